The Hall–Kier alpha value is -1.36. The number of nitrogens with two attached hydrogens (primary N) is 1. The summed E-state index contributed by atoms with van der Waals surface area (Å²) in [5.74, 6) is 1.70. The third-order valence-corrected chi connectivity index (χ3v) is 2.80. The fourth-order valence-electron chi connectivity index (χ4n) is 1.54. The van der Waals surface area contributed by atoms with E-state index in [0.29, 0.717) is 17.5 Å². The molecular weight excluding hydrogens is 282 g/mol. The highest BCUT2D eigenvalue weighted by atomic mass is 79.9. The summed E-state index contributed by atoms with van der Waals surface area (Å²) in [7, 11) is 0. The molecule has 0 saturated heterocycles. The highest BCUT2D eigenvalue weighted by Gasteiger charge is 2.12. The molecule has 1 aromatic carbocycles. The summed E-state index contributed by atoms with van der Waals surface area (Å²) in [6.45, 7) is 4.23. The molecule has 0 aliphatic carbocycles. The van der Waals surface area contributed by atoms with Crippen molar-refractivity contribution in [3.8, 4) is 11.5 Å². The number of rotatable bonds is 3. The van der Waals surface area contributed by atoms with Crippen LogP contribution in [0.5, 0.6) is 0 Å². The average Bonchev–Trinajstić information content (AvgIpc) is 2.65. The largest absolute Gasteiger partial charge is 0.398 e. The molecule has 0 saturated carbocycles. The van der Waals surface area contributed by atoms with Crippen molar-refractivity contribution in [3.63, 3.8) is 0 Å². The molecule has 4 nitrogen and oxygen atoms in total. The van der Waals surface area contributed by atoms with Crippen molar-refractivity contribution < 1.29 is 4.52 Å². The number of aromatic nitrogens is 2. The number of hydrogen-bond donors (Lipinski definition) is 1. The molecule has 0 fully saturated rings. The molecule has 0 amide bonds. The van der Waals surface area contributed by atoms with E-state index in [1.54, 1.807) is 0 Å². The quantitative estimate of drug-likeness (QED) is 0.883. The molecule has 0 aliphatic rings. The Morgan fingerprint density at radius 1 is 1.41 bits per heavy atom. The summed E-state index contributed by atoms with van der Waals surface area (Å²) < 4.78 is 6.15. The zero-order valence-corrected chi connectivity index (χ0v) is 11.4. The van der Waals surface area contributed by atoms with Crippen LogP contribution in [0.25, 0.3) is 11.5 Å². The van der Waals surface area contributed by atoms with Crippen LogP contribution >= 0.6 is 15.9 Å². The number of halogens is 1. The molecule has 0 bridgehead atoms. The van der Waals surface area contributed by atoms with E-state index in [0.717, 1.165) is 22.3 Å². The summed E-state index contributed by atoms with van der Waals surface area (Å²) in [6.07, 6.45) is 0.805. The molecule has 1 heterocycles. The average molecular weight is 296 g/mol. The van der Waals surface area contributed by atoms with E-state index in [9.17, 15) is 0 Å². The first-order valence-electron chi connectivity index (χ1n) is 5.44. The van der Waals surface area contributed by atoms with E-state index in [4.69, 9.17) is 10.3 Å². The van der Waals surface area contributed by atoms with Crippen LogP contribution in [0, 0.1) is 5.92 Å². The van der Waals surface area contributed by atoms with Gasteiger partial charge in [0, 0.05) is 16.6 Å². The van der Waals surface area contributed by atoms with Gasteiger partial charge in [-0.2, -0.15) is 4.98 Å². The fraction of sp³-hybridized carbons (Fsp3) is 0.333. The zero-order chi connectivity index (χ0) is 12.4. The molecule has 2 aromatic rings. The van der Waals surface area contributed by atoms with Gasteiger partial charge in [-0.25, -0.2) is 0 Å². The number of anilines is 1. The first-order valence-corrected chi connectivity index (χ1v) is 6.23. The van der Waals surface area contributed by atoms with Crippen molar-refractivity contribution in [1.29, 1.82) is 0 Å². The zero-order valence-electron chi connectivity index (χ0n) is 9.77. The van der Waals surface area contributed by atoms with Gasteiger partial charge in [0.25, 0.3) is 5.89 Å². The predicted octanol–water partition coefficient (Wildman–Crippen LogP) is 3.28. The Balaban J connectivity index is 2.30. The number of nitrogen functional groups attached to an aromatic ring is 1. The molecule has 0 aliphatic heterocycles. The van der Waals surface area contributed by atoms with Crippen LogP contribution < -0.4 is 5.73 Å². The van der Waals surface area contributed by atoms with Gasteiger partial charge in [0.05, 0.1) is 5.56 Å². The molecule has 17 heavy (non-hydrogen) atoms. The minimum Gasteiger partial charge on any atom is -0.398 e. The van der Waals surface area contributed by atoms with Gasteiger partial charge in [0.15, 0.2) is 5.82 Å². The highest BCUT2D eigenvalue weighted by molar-refractivity contribution is 9.10. The van der Waals surface area contributed by atoms with Gasteiger partial charge in [-0.1, -0.05) is 34.9 Å². The topological polar surface area (TPSA) is 64.9 Å². The van der Waals surface area contributed by atoms with E-state index in [-0.39, 0.29) is 0 Å². The Morgan fingerprint density at radius 2 is 2.18 bits per heavy atom. The van der Waals surface area contributed by atoms with Crippen molar-refractivity contribution in [2.24, 2.45) is 5.92 Å². The van der Waals surface area contributed by atoms with Crippen LogP contribution in [-0.2, 0) is 6.42 Å². The second kappa shape index (κ2) is 4.87. The Kier molecular flexibility index (Phi) is 3.47. The molecule has 90 valence electrons. The molecule has 0 spiro atoms. The fourth-order valence-corrected chi connectivity index (χ4v) is 1.92. The van der Waals surface area contributed by atoms with Crippen LogP contribution in [0.3, 0.4) is 0 Å². The summed E-state index contributed by atoms with van der Waals surface area (Å²) >= 11 is 3.36. The van der Waals surface area contributed by atoms with Crippen LogP contribution in [-0.4, -0.2) is 10.1 Å². The summed E-state index contributed by atoms with van der Waals surface area (Å²) in [6, 6.07) is 5.59. The summed E-state index contributed by atoms with van der Waals surface area (Å²) in [5.41, 5.74) is 7.30. The maximum Gasteiger partial charge on any atom is 0.260 e. The van der Waals surface area contributed by atoms with Gasteiger partial charge < -0.3 is 10.3 Å². The van der Waals surface area contributed by atoms with Crippen molar-refractivity contribution in [3.05, 3.63) is 28.5 Å². The maximum atomic E-state index is 5.91. The smallest absolute Gasteiger partial charge is 0.260 e. The normalized spacial score (nSPS) is 11.1. The van der Waals surface area contributed by atoms with Gasteiger partial charge in [-0.05, 0) is 24.1 Å². The second-order valence-electron chi connectivity index (χ2n) is 4.35. The first kappa shape index (κ1) is 12.1. The molecule has 0 unspecified atom stereocenters. The molecule has 2 N–H and O–H groups in total. The van der Waals surface area contributed by atoms with Crippen LogP contribution in [0.4, 0.5) is 5.69 Å². The van der Waals surface area contributed by atoms with Gasteiger partial charge in [-0.15, -0.1) is 0 Å². The molecule has 0 atom stereocenters. The third kappa shape index (κ3) is 2.85. The standard InChI is InChI=1S/C12H14BrN3O/c1-7(2)5-11-15-12(17-16-11)9-4-3-8(13)6-10(9)14/h3-4,6-7H,5,14H2,1-2H3. The second-order valence-corrected chi connectivity index (χ2v) is 5.26. The van der Waals surface area contributed by atoms with E-state index < -0.39 is 0 Å². The Labute approximate surface area is 108 Å². The third-order valence-electron chi connectivity index (χ3n) is 2.30. The van der Waals surface area contributed by atoms with E-state index in [2.05, 4.69) is 39.9 Å². The van der Waals surface area contributed by atoms with E-state index in [1.807, 2.05) is 18.2 Å². The summed E-state index contributed by atoms with van der Waals surface area (Å²) in [4.78, 5) is 4.34. The first-order chi connectivity index (χ1) is 8.06. The number of nitrogens with zero attached hydrogens (tertiary/aromatic N) is 2. The van der Waals surface area contributed by atoms with Crippen molar-refractivity contribution in [1.82, 2.24) is 10.1 Å². The molecular formula is C12H14BrN3O. The molecule has 5 heteroatoms. The van der Waals surface area contributed by atoms with E-state index >= 15 is 0 Å². The van der Waals surface area contributed by atoms with Crippen LogP contribution in [0.15, 0.2) is 27.2 Å². The number of hydrogen-bond acceptors (Lipinski definition) is 4. The van der Waals surface area contributed by atoms with Gasteiger partial charge in [-0.3, -0.25) is 0 Å². The maximum absolute atomic E-state index is 5.91. The minimum atomic E-state index is 0.477. The van der Waals surface area contributed by atoms with Crippen molar-refractivity contribution in [2.45, 2.75) is 20.3 Å². The Morgan fingerprint density at radius 3 is 2.82 bits per heavy atom. The monoisotopic (exact) mass is 295 g/mol. The van der Waals surface area contributed by atoms with Gasteiger partial charge in [0.2, 0.25) is 0 Å². The lowest BCUT2D eigenvalue weighted by atomic mass is 10.1. The lowest BCUT2D eigenvalue weighted by Gasteiger charge is -2.00. The SMILES string of the molecule is CC(C)Cc1noc(-c2ccc(Br)cc2N)n1. The van der Waals surface area contributed by atoms with Crippen molar-refractivity contribution >= 4 is 21.6 Å². The molecule has 2 rings (SSSR count). The number of benzene rings is 1. The Bertz CT molecular complexity index is 522. The predicted molar refractivity (Wildman–Crippen MR) is 70.4 cm³/mol. The van der Waals surface area contributed by atoms with E-state index in [1.165, 1.54) is 0 Å². The van der Waals surface area contributed by atoms with Crippen molar-refractivity contribution in [2.75, 3.05) is 5.73 Å². The minimum absolute atomic E-state index is 0.477. The molecule has 1 aromatic heterocycles. The van der Waals surface area contributed by atoms with Gasteiger partial charge in [0.1, 0.15) is 0 Å². The lowest BCUT2D eigenvalue weighted by molar-refractivity contribution is 0.418. The summed E-state index contributed by atoms with van der Waals surface area (Å²) in [5, 5.41) is 3.94. The van der Waals surface area contributed by atoms with Crippen LogP contribution in [0.1, 0.15) is 19.7 Å². The molecule has 0 radical (unpaired) electrons. The van der Waals surface area contributed by atoms with Gasteiger partial charge >= 0.3 is 0 Å². The van der Waals surface area contributed by atoms with Crippen LogP contribution in [0.2, 0.25) is 0 Å². The lowest BCUT2D eigenvalue weighted by Crippen LogP contribution is -1.96. The highest BCUT2D eigenvalue weighted by Crippen LogP contribution is 2.27.